The number of aromatic nitrogens is 3. The number of nitrogens with one attached hydrogen (secondary N) is 1. The number of fused-ring (bicyclic) bond motifs is 6. The van der Waals surface area contributed by atoms with Crippen molar-refractivity contribution >= 4 is 115 Å². The summed E-state index contributed by atoms with van der Waals surface area (Å²) in [7, 11) is 0. The molecule has 6 heterocycles. The molecule has 6 aliphatic carbocycles. The molecule has 620 valence electrons. The minimum atomic E-state index is -1.55. The summed E-state index contributed by atoms with van der Waals surface area (Å²) in [6, 6.07) is 29.5. The molecule has 18 nitrogen and oxygen atoms in total. The molecule has 0 radical (unpaired) electrons. The third-order valence-corrected chi connectivity index (χ3v) is 25.2. The van der Waals surface area contributed by atoms with Crippen molar-refractivity contribution in [3.63, 3.8) is 0 Å². The third kappa shape index (κ3) is 18.3. The van der Waals surface area contributed by atoms with Crippen LogP contribution in [0.2, 0.25) is 30.1 Å². The molecule has 9 aromatic rings. The second kappa shape index (κ2) is 33.5. The maximum Gasteiger partial charge on any atom is 0.341 e. The van der Waals surface area contributed by atoms with Crippen molar-refractivity contribution < 1.29 is 83.1 Å². The van der Waals surface area contributed by atoms with Gasteiger partial charge in [0.05, 0.1) is 102 Å². The Hall–Kier alpha value is -7.40. The van der Waals surface area contributed by atoms with Gasteiger partial charge < -0.3 is 57.5 Å². The molecule has 6 bridgehead atoms. The fourth-order valence-electron chi connectivity index (χ4n) is 16.6. The SMILES string of the molecule is CC(C)(C)OC(=O)c1ccc(Br)cc1F.CC(C)(C)OC(=O)c1ccc(N2C[C@@H]3C[C@H]2C[C@H]3OCc2c(-c3c(Cl)cccc3Cl)noc2C2(F)CC2)cc1F.FC1(c2onc(-c3c(Cl)cccc3Cl)c2CO[C@@H]2C[C@@H]3C[C@H]2CN3)CC1.O=C(O)c1ccc(N2C[C@@H]3C[C@H]2C[C@H]3OCc2c(-c3c(Cl)cccc3Cl)noc2C2(F)CC2)cc1F. The second-order valence-electron chi connectivity index (χ2n) is 33.4. The number of aromatic carboxylic acids is 1. The van der Waals surface area contributed by atoms with E-state index in [2.05, 4.69) is 46.5 Å². The van der Waals surface area contributed by atoms with Gasteiger partial charge in [-0.3, -0.25) is 0 Å². The Morgan fingerprint density at radius 1 is 0.487 bits per heavy atom. The zero-order chi connectivity index (χ0) is 83.1. The van der Waals surface area contributed by atoms with Crippen LogP contribution in [-0.4, -0.2) is 106 Å². The summed E-state index contributed by atoms with van der Waals surface area (Å²) in [6.07, 6.45) is 7.81. The monoisotopic (exact) mass is 1790 g/mol. The van der Waals surface area contributed by atoms with Crippen LogP contribution < -0.4 is 15.1 Å². The minimum absolute atomic E-state index is 0.0480. The maximum absolute atomic E-state index is 15.2. The normalized spacial score (nSPS) is 23.1. The second-order valence-corrected chi connectivity index (χ2v) is 36.8. The van der Waals surface area contributed by atoms with Crippen molar-refractivity contribution in [2.45, 2.75) is 203 Å². The summed E-state index contributed by atoms with van der Waals surface area (Å²) >= 11 is 41.5. The summed E-state index contributed by atoms with van der Waals surface area (Å²) in [5, 5.41) is 27.5. The van der Waals surface area contributed by atoms with Crippen LogP contribution in [0.4, 0.5) is 37.7 Å². The molecule has 18 rings (SSSR count). The first-order valence-corrected chi connectivity index (χ1v) is 41.8. The van der Waals surface area contributed by atoms with Crippen LogP contribution in [0.15, 0.2) is 127 Å². The summed E-state index contributed by atoms with van der Waals surface area (Å²) in [5.74, 6) is -2.98. The number of nitrogens with zero attached hydrogens (tertiary/aromatic N) is 5. The standard InChI is InChI=1S/C30H30Cl2F2N2O4.C26H22Cl2F2N2O4.C19H19Cl2FN2O2.C11H12BrFO2/c1-29(2,3)39-28(37)19-8-7-17(12-23(19)33)36-14-16-11-18(36)13-24(16)38-15-20-26(25-21(31)5-4-6-22(25)32)35-40-27(20)30(34)9-10-30;27-18-2-1-3-19(28)22(18)23-17(24(36-31-23)26(30)6-7-26)12-35-21-10-15-8-13(21)11-32(15)14-4-5-16(25(33)34)20(29)9-14;20-13-2-1-3-14(21)16(13)17-12(18(26-24-17)19(22)4-5-19)9-25-15-7-11-6-10(15)8-23-11;1-11(2,3)15-10(14)8-5-4-7(12)6-9(8)13/h4-8,12,16,18,24H,9-11,13-15H2,1-3H3;1-5,9,13,15,21H,6-8,10-12H2,(H,33,34);1-3,10-11,15,23H,4-9H2;4-6H,1-3H3/t16-,18-,24+;13-,15-,21+;10-,11-,15+;/m000./s1. The Kier molecular flexibility index (Phi) is 24.3. The minimum Gasteiger partial charge on any atom is -0.478 e. The molecule has 3 aliphatic heterocycles. The number of piperidine rings is 3. The van der Waals surface area contributed by atoms with Gasteiger partial charge in [-0.2, -0.15) is 0 Å². The highest BCUT2D eigenvalue weighted by atomic mass is 79.9. The summed E-state index contributed by atoms with van der Waals surface area (Å²) in [4.78, 5) is 39.2. The first-order chi connectivity index (χ1) is 55.5. The first-order valence-electron chi connectivity index (χ1n) is 38.8. The Bertz CT molecular complexity index is 5220. The van der Waals surface area contributed by atoms with Crippen molar-refractivity contribution in [1.29, 1.82) is 0 Å². The lowest BCUT2D eigenvalue weighted by molar-refractivity contribution is 0.00517. The van der Waals surface area contributed by atoms with Crippen LogP contribution in [0.1, 0.15) is 184 Å². The number of carboxylic acid groups (broad SMARTS) is 1. The summed E-state index contributed by atoms with van der Waals surface area (Å²) in [5.41, 5.74) is -0.393. The smallest absolute Gasteiger partial charge is 0.341 e. The van der Waals surface area contributed by atoms with Gasteiger partial charge in [-0.25, -0.2) is 40.7 Å². The van der Waals surface area contributed by atoms with Gasteiger partial charge in [-0.15, -0.1) is 0 Å². The van der Waals surface area contributed by atoms with E-state index < -0.39 is 63.6 Å². The van der Waals surface area contributed by atoms with Gasteiger partial charge in [0.15, 0.2) is 34.3 Å². The number of hydrogen-bond acceptors (Lipinski definition) is 17. The lowest BCUT2D eigenvalue weighted by atomic mass is 10.0. The molecule has 9 aliphatic rings. The van der Waals surface area contributed by atoms with Crippen molar-refractivity contribution in [2.75, 3.05) is 29.4 Å². The number of halogens is 13. The van der Waals surface area contributed by atoms with E-state index in [-0.39, 0.29) is 96.0 Å². The average Bonchev–Trinajstić information content (AvgIpc) is 1.61. The molecule has 3 saturated heterocycles. The van der Waals surface area contributed by atoms with Gasteiger partial charge >= 0.3 is 17.9 Å². The lowest BCUT2D eigenvalue weighted by Crippen LogP contribution is -2.38. The molecule has 31 heteroatoms. The number of carbonyl (C=O) groups excluding carboxylic acids is 2. The van der Waals surface area contributed by atoms with Crippen LogP contribution in [0, 0.1) is 35.2 Å². The number of carbonyl (C=O) groups is 3. The van der Waals surface area contributed by atoms with Gasteiger partial charge in [-0.05, 0) is 216 Å². The number of ether oxygens (including phenoxy) is 5. The van der Waals surface area contributed by atoms with Crippen LogP contribution in [0.25, 0.3) is 33.8 Å². The van der Waals surface area contributed by atoms with E-state index in [0.717, 1.165) is 50.8 Å². The number of carboxylic acids is 1. The fourth-order valence-corrected chi connectivity index (χ4v) is 18.7. The Morgan fingerprint density at radius 3 is 1.12 bits per heavy atom. The molecular weight excluding hydrogens is 1720 g/mol. The van der Waals surface area contributed by atoms with Gasteiger partial charge in [0.2, 0.25) is 0 Å². The molecule has 6 aromatic carbocycles. The molecule has 3 aromatic heterocycles. The average molecular weight is 1800 g/mol. The molecule has 9 atom stereocenters. The van der Waals surface area contributed by atoms with Crippen LogP contribution in [0.5, 0.6) is 0 Å². The molecule has 2 N–H and O–H groups in total. The predicted octanol–water partition coefficient (Wildman–Crippen LogP) is 22.9. The van der Waals surface area contributed by atoms with Crippen molar-refractivity contribution in [2.24, 2.45) is 17.8 Å². The molecular formula is C86H83BrCl6F6N6O12. The third-order valence-electron chi connectivity index (χ3n) is 22.8. The molecule has 6 saturated carbocycles. The first kappa shape index (κ1) is 84.6. The highest BCUT2D eigenvalue weighted by molar-refractivity contribution is 9.10. The summed E-state index contributed by atoms with van der Waals surface area (Å²) in [6.45, 7) is 13.3. The van der Waals surface area contributed by atoms with Crippen LogP contribution in [-0.2, 0) is 60.5 Å². The highest BCUT2D eigenvalue weighted by Gasteiger charge is 2.55. The van der Waals surface area contributed by atoms with E-state index in [4.69, 9.17) is 112 Å². The van der Waals surface area contributed by atoms with E-state index in [1.54, 1.807) is 114 Å². The van der Waals surface area contributed by atoms with Gasteiger partial charge in [0, 0.05) is 82.1 Å². The quantitative estimate of drug-likeness (QED) is 0.0536. The number of hydrogen-bond donors (Lipinski definition) is 2. The molecule has 0 unspecified atom stereocenters. The number of alkyl halides is 3. The number of esters is 2. The van der Waals surface area contributed by atoms with E-state index in [0.29, 0.717) is 154 Å². The Morgan fingerprint density at radius 2 is 0.829 bits per heavy atom. The maximum atomic E-state index is 15.2. The van der Waals surface area contributed by atoms with E-state index in [1.807, 2.05) is 0 Å². The largest absolute Gasteiger partial charge is 0.478 e. The Labute approximate surface area is 709 Å². The molecule has 9 fully saturated rings. The molecule has 0 spiro atoms. The zero-order valence-corrected chi connectivity index (χ0v) is 70.5. The highest BCUT2D eigenvalue weighted by Crippen LogP contribution is 2.57. The Balaban J connectivity index is 0.000000128. The number of rotatable bonds is 20. The van der Waals surface area contributed by atoms with E-state index >= 15 is 8.78 Å². The van der Waals surface area contributed by atoms with Crippen molar-refractivity contribution in [3.05, 3.63) is 212 Å². The van der Waals surface area contributed by atoms with Crippen LogP contribution in [0.3, 0.4) is 0 Å². The number of benzene rings is 6. The zero-order valence-electron chi connectivity index (χ0n) is 64.4. The lowest BCUT2D eigenvalue weighted by Gasteiger charge is -2.33. The molecule has 117 heavy (non-hydrogen) atoms. The van der Waals surface area contributed by atoms with Crippen molar-refractivity contribution in [1.82, 2.24) is 20.8 Å². The number of anilines is 2. The van der Waals surface area contributed by atoms with E-state index in [1.165, 1.54) is 36.4 Å². The van der Waals surface area contributed by atoms with Gasteiger partial charge in [0.1, 0.15) is 45.7 Å². The predicted molar refractivity (Wildman–Crippen MR) is 434 cm³/mol. The fraction of sp³-hybridized carbons (Fsp3) is 0.442. The van der Waals surface area contributed by atoms with Gasteiger partial charge in [0.25, 0.3) is 0 Å². The van der Waals surface area contributed by atoms with Crippen LogP contribution >= 0.6 is 85.5 Å². The summed E-state index contributed by atoms with van der Waals surface area (Å²) < 4.78 is 134. The molecule has 0 amide bonds. The topological polar surface area (TPSA) is 214 Å². The van der Waals surface area contributed by atoms with E-state index in [9.17, 15) is 31.9 Å². The van der Waals surface area contributed by atoms with Gasteiger partial charge in [-0.1, -0.05) is 119 Å². The van der Waals surface area contributed by atoms with Crippen molar-refractivity contribution in [3.8, 4) is 33.8 Å².